The highest BCUT2D eigenvalue weighted by molar-refractivity contribution is 7.99. The summed E-state index contributed by atoms with van der Waals surface area (Å²) in [4.78, 5) is 23.9. The maximum Gasteiger partial charge on any atom is 0.330 e. The summed E-state index contributed by atoms with van der Waals surface area (Å²) in [6.07, 6.45) is 3.60. The number of nitrogens with one attached hydrogen (secondary N) is 2. The van der Waals surface area contributed by atoms with Crippen LogP contribution in [0.1, 0.15) is 46.5 Å². The molecule has 0 radical (unpaired) electrons. The number of hydrogen-bond acceptors (Lipinski definition) is 3. The number of carboxylic acid groups (broad SMARTS) is 1. The fourth-order valence-electron chi connectivity index (χ4n) is 3.15. The van der Waals surface area contributed by atoms with Gasteiger partial charge in [0.15, 0.2) is 0 Å². The SMILES string of the molecule is CCSCCCNC(=O)NC1(C(=O)O)C(C)CCCC1C. The molecule has 0 saturated heterocycles. The number of carbonyl (C=O) groups excluding carboxylic acids is 1. The lowest BCUT2D eigenvalue weighted by atomic mass is 9.67. The number of carboxylic acids is 1. The Morgan fingerprint density at radius 2 is 1.90 bits per heavy atom. The molecule has 0 aromatic heterocycles. The molecule has 1 saturated carbocycles. The molecule has 0 bridgehead atoms. The Morgan fingerprint density at radius 3 is 2.43 bits per heavy atom. The van der Waals surface area contributed by atoms with Crippen molar-refractivity contribution >= 4 is 23.8 Å². The number of hydrogen-bond donors (Lipinski definition) is 3. The summed E-state index contributed by atoms with van der Waals surface area (Å²) in [6, 6.07) is -0.362. The summed E-state index contributed by atoms with van der Waals surface area (Å²) in [5.41, 5.74) is -1.14. The third-order valence-electron chi connectivity index (χ3n) is 4.46. The zero-order chi connectivity index (χ0) is 15.9. The third-order valence-corrected chi connectivity index (χ3v) is 5.44. The van der Waals surface area contributed by atoms with Crippen LogP contribution in [0.15, 0.2) is 0 Å². The van der Waals surface area contributed by atoms with E-state index in [1.807, 2.05) is 25.6 Å². The van der Waals surface area contributed by atoms with Crippen LogP contribution in [-0.4, -0.2) is 40.7 Å². The van der Waals surface area contributed by atoms with Crippen molar-refractivity contribution in [2.45, 2.75) is 52.0 Å². The number of urea groups is 1. The van der Waals surface area contributed by atoms with Crippen molar-refractivity contribution in [1.29, 1.82) is 0 Å². The van der Waals surface area contributed by atoms with E-state index in [1.165, 1.54) is 0 Å². The van der Waals surface area contributed by atoms with Crippen LogP contribution in [0.25, 0.3) is 0 Å². The van der Waals surface area contributed by atoms with Gasteiger partial charge in [-0.3, -0.25) is 0 Å². The largest absolute Gasteiger partial charge is 0.479 e. The molecule has 5 nitrogen and oxygen atoms in total. The Labute approximate surface area is 131 Å². The number of aliphatic carboxylic acids is 1. The average Bonchev–Trinajstić information content (AvgIpc) is 2.42. The van der Waals surface area contributed by atoms with Gasteiger partial charge in [0.25, 0.3) is 0 Å². The van der Waals surface area contributed by atoms with Crippen LogP contribution in [0.4, 0.5) is 4.79 Å². The van der Waals surface area contributed by atoms with Crippen molar-refractivity contribution in [2.75, 3.05) is 18.1 Å². The minimum absolute atomic E-state index is 0.0554. The number of amides is 2. The standard InChI is InChI=1S/C15H28N2O3S/c1-4-21-10-6-9-16-14(20)17-15(13(18)19)11(2)7-5-8-12(15)3/h11-12H,4-10H2,1-3H3,(H,18,19)(H2,16,17,20). The molecule has 3 N–H and O–H groups in total. The fourth-order valence-corrected chi connectivity index (χ4v) is 3.78. The van der Waals surface area contributed by atoms with Gasteiger partial charge in [-0.2, -0.15) is 11.8 Å². The Balaban J connectivity index is 2.57. The van der Waals surface area contributed by atoms with Gasteiger partial charge in [-0.1, -0.05) is 27.2 Å². The second kappa shape index (κ2) is 8.51. The van der Waals surface area contributed by atoms with E-state index in [9.17, 15) is 14.7 Å². The second-order valence-corrected chi connectivity index (χ2v) is 7.23. The van der Waals surface area contributed by atoms with Crippen LogP contribution in [0.3, 0.4) is 0 Å². The van der Waals surface area contributed by atoms with Crippen molar-refractivity contribution in [3.8, 4) is 0 Å². The minimum Gasteiger partial charge on any atom is -0.479 e. The van der Waals surface area contributed by atoms with Gasteiger partial charge < -0.3 is 15.7 Å². The third kappa shape index (κ3) is 4.53. The first-order chi connectivity index (χ1) is 9.95. The molecular formula is C15H28N2O3S. The molecule has 6 heteroatoms. The van der Waals surface area contributed by atoms with E-state index in [2.05, 4.69) is 17.6 Å². The monoisotopic (exact) mass is 316 g/mol. The quantitative estimate of drug-likeness (QED) is 0.631. The average molecular weight is 316 g/mol. The Bertz CT molecular complexity index is 353. The molecule has 1 rings (SSSR count). The maximum atomic E-state index is 12.1. The topological polar surface area (TPSA) is 78.4 Å². The van der Waals surface area contributed by atoms with E-state index in [4.69, 9.17) is 0 Å². The zero-order valence-electron chi connectivity index (χ0n) is 13.3. The van der Waals surface area contributed by atoms with E-state index in [-0.39, 0.29) is 17.9 Å². The molecule has 0 aromatic carbocycles. The number of carbonyl (C=O) groups is 2. The van der Waals surface area contributed by atoms with Crippen LogP contribution in [0.2, 0.25) is 0 Å². The Hall–Kier alpha value is -0.910. The molecule has 2 amide bonds. The van der Waals surface area contributed by atoms with Crippen molar-refractivity contribution < 1.29 is 14.7 Å². The van der Waals surface area contributed by atoms with Gasteiger partial charge in [-0.25, -0.2) is 9.59 Å². The zero-order valence-corrected chi connectivity index (χ0v) is 14.1. The summed E-state index contributed by atoms with van der Waals surface area (Å²) in [6.45, 7) is 6.52. The lowest BCUT2D eigenvalue weighted by molar-refractivity contribution is -0.151. The van der Waals surface area contributed by atoms with Crippen LogP contribution in [0, 0.1) is 11.8 Å². The first kappa shape index (κ1) is 18.1. The van der Waals surface area contributed by atoms with E-state index in [1.54, 1.807) is 0 Å². The van der Waals surface area contributed by atoms with Gasteiger partial charge in [0.1, 0.15) is 5.54 Å². The normalized spacial score (nSPS) is 28.9. The summed E-state index contributed by atoms with van der Waals surface area (Å²) in [7, 11) is 0. The summed E-state index contributed by atoms with van der Waals surface area (Å²) < 4.78 is 0. The lowest BCUT2D eigenvalue weighted by Crippen LogP contribution is -2.65. The molecule has 122 valence electrons. The van der Waals surface area contributed by atoms with E-state index < -0.39 is 11.5 Å². The van der Waals surface area contributed by atoms with E-state index in [0.717, 1.165) is 37.2 Å². The number of thioether (sulfide) groups is 1. The van der Waals surface area contributed by atoms with E-state index >= 15 is 0 Å². The molecule has 1 aliphatic carbocycles. The smallest absolute Gasteiger partial charge is 0.330 e. The highest BCUT2D eigenvalue weighted by Gasteiger charge is 2.51. The fraction of sp³-hybridized carbons (Fsp3) is 0.867. The molecule has 0 heterocycles. The highest BCUT2D eigenvalue weighted by Crippen LogP contribution is 2.38. The number of rotatable bonds is 7. The molecule has 2 atom stereocenters. The second-order valence-electron chi connectivity index (χ2n) is 5.84. The van der Waals surface area contributed by atoms with Crippen LogP contribution in [-0.2, 0) is 4.79 Å². The first-order valence-corrected chi connectivity index (χ1v) is 8.97. The first-order valence-electron chi connectivity index (χ1n) is 7.82. The molecule has 0 spiro atoms. The highest BCUT2D eigenvalue weighted by atomic mass is 32.2. The summed E-state index contributed by atoms with van der Waals surface area (Å²) in [5, 5.41) is 15.2. The van der Waals surface area contributed by atoms with E-state index in [0.29, 0.717) is 6.54 Å². The van der Waals surface area contributed by atoms with Gasteiger partial charge >= 0.3 is 12.0 Å². The van der Waals surface area contributed by atoms with Gasteiger partial charge in [0.2, 0.25) is 0 Å². The van der Waals surface area contributed by atoms with Gasteiger partial charge in [0, 0.05) is 6.54 Å². The Morgan fingerprint density at radius 1 is 1.29 bits per heavy atom. The van der Waals surface area contributed by atoms with Crippen LogP contribution in [0.5, 0.6) is 0 Å². The summed E-state index contributed by atoms with van der Waals surface area (Å²) >= 11 is 1.83. The Kier molecular flexibility index (Phi) is 7.35. The predicted molar refractivity (Wildman–Crippen MR) is 86.7 cm³/mol. The van der Waals surface area contributed by atoms with Gasteiger partial charge in [-0.15, -0.1) is 0 Å². The van der Waals surface area contributed by atoms with Crippen LogP contribution < -0.4 is 10.6 Å². The predicted octanol–water partition coefficient (Wildman–Crippen LogP) is 2.71. The minimum atomic E-state index is -1.14. The molecule has 21 heavy (non-hydrogen) atoms. The van der Waals surface area contributed by atoms with Crippen LogP contribution >= 0.6 is 11.8 Å². The molecule has 1 fully saturated rings. The molecule has 0 aliphatic heterocycles. The van der Waals surface area contributed by atoms with Gasteiger partial charge in [0.05, 0.1) is 0 Å². The maximum absolute atomic E-state index is 12.1. The van der Waals surface area contributed by atoms with Crippen molar-refractivity contribution in [2.24, 2.45) is 11.8 Å². The lowest BCUT2D eigenvalue weighted by Gasteiger charge is -2.44. The molecule has 0 aromatic rings. The van der Waals surface area contributed by atoms with Gasteiger partial charge in [-0.05, 0) is 42.6 Å². The molecule has 2 unspecified atom stereocenters. The van der Waals surface area contributed by atoms with Crippen molar-refractivity contribution in [3.05, 3.63) is 0 Å². The molecule has 1 aliphatic rings. The van der Waals surface area contributed by atoms with Crippen molar-refractivity contribution in [3.63, 3.8) is 0 Å². The van der Waals surface area contributed by atoms with Crippen molar-refractivity contribution in [1.82, 2.24) is 10.6 Å². The summed E-state index contributed by atoms with van der Waals surface area (Å²) in [5.74, 6) is 1.05. The molecular weight excluding hydrogens is 288 g/mol.